The summed E-state index contributed by atoms with van der Waals surface area (Å²) in [6, 6.07) is 4.46. The van der Waals surface area contributed by atoms with Gasteiger partial charge in [0.15, 0.2) is 5.75 Å². The van der Waals surface area contributed by atoms with Crippen molar-refractivity contribution in [3.05, 3.63) is 33.9 Å². The minimum Gasteiger partial charge on any atom is -0.490 e. The lowest BCUT2D eigenvalue weighted by Gasteiger charge is -2.28. The molecular weight excluding hydrogens is 298 g/mol. The zero-order chi connectivity index (χ0) is 17.8. The summed E-state index contributed by atoms with van der Waals surface area (Å²) in [7, 11) is 3.20. The van der Waals surface area contributed by atoms with Gasteiger partial charge in [0, 0.05) is 18.2 Å². The fraction of sp³-hybridized carbons (Fsp3) is 0.562. The van der Waals surface area contributed by atoms with E-state index in [4.69, 9.17) is 4.74 Å². The van der Waals surface area contributed by atoms with Crippen LogP contribution >= 0.6 is 0 Å². The number of nitrogens with zero attached hydrogens (tertiary/aromatic N) is 2. The van der Waals surface area contributed by atoms with Gasteiger partial charge in [0.25, 0.3) is 0 Å². The minimum absolute atomic E-state index is 0.0785. The maximum atomic E-state index is 12.2. The van der Waals surface area contributed by atoms with Crippen molar-refractivity contribution in [1.82, 2.24) is 10.2 Å². The van der Waals surface area contributed by atoms with Gasteiger partial charge in [-0.25, -0.2) is 0 Å². The maximum Gasteiger partial charge on any atom is 0.311 e. The molecule has 1 atom stereocenters. The molecule has 0 saturated carbocycles. The highest BCUT2D eigenvalue weighted by Crippen LogP contribution is 2.28. The number of nitrogens with one attached hydrogen (secondary N) is 1. The molecule has 1 aromatic carbocycles. The van der Waals surface area contributed by atoms with Crippen LogP contribution in [0, 0.1) is 10.1 Å². The zero-order valence-corrected chi connectivity index (χ0v) is 14.5. The van der Waals surface area contributed by atoms with E-state index >= 15 is 0 Å². The van der Waals surface area contributed by atoms with Crippen LogP contribution in [0.3, 0.4) is 0 Å². The van der Waals surface area contributed by atoms with Crippen molar-refractivity contribution in [3.63, 3.8) is 0 Å². The minimum atomic E-state index is -0.474. The summed E-state index contributed by atoms with van der Waals surface area (Å²) < 4.78 is 4.99. The van der Waals surface area contributed by atoms with Crippen LogP contribution in [0.1, 0.15) is 33.3 Å². The third-order valence-corrected chi connectivity index (χ3v) is 3.41. The van der Waals surface area contributed by atoms with Gasteiger partial charge in [-0.2, -0.15) is 0 Å². The molecule has 0 aliphatic heterocycles. The van der Waals surface area contributed by atoms with E-state index in [1.807, 2.05) is 32.7 Å². The number of benzene rings is 1. The molecule has 0 bridgehead atoms. The van der Waals surface area contributed by atoms with Crippen LogP contribution < -0.4 is 10.1 Å². The zero-order valence-electron chi connectivity index (χ0n) is 14.5. The monoisotopic (exact) mass is 323 g/mol. The fourth-order valence-electron chi connectivity index (χ4n) is 2.08. The number of nitro groups is 1. The normalized spacial score (nSPS) is 12.8. The molecular formula is C16H25N3O4. The number of hydrogen-bond donors (Lipinski definition) is 1. The summed E-state index contributed by atoms with van der Waals surface area (Å²) in [4.78, 5) is 24.6. The summed E-state index contributed by atoms with van der Waals surface area (Å²) in [5.74, 6) is 0.142. The number of carbonyl (C=O) groups excluding carboxylic acids is 1. The Morgan fingerprint density at radius 1 is 1.43 bits per heavy atom. The van der Waals surface area contributed by atoms with Crippen molar-refractivity contribution in [3.8, 4) is 5.75 Å². The predicted octanol–water partition coefficient (Wildman–Crippen LogP) is 2.34. The first-order chi connectivity index (χ1) is 10.5. The van der Waals surface area contributed by atoms with Crippen molar-refractivity contribution in [2.24, 2.45) is 0 Å². The molecule has 23 heavy (non-hydrogen) atoms. The molecule has 0 heterocycles. The summed E-state index contributed by atoms with van der Waals surface area (Å²) in [5, 5.41) is 14.0. The van der Waals surface area contributed by atoms with Crippen LogP contribution in [0.5, 0.6) is 5.75 Å². The summed E-state index contributed by atoms with van der Waals surface area (Å²) >= 11 is 0. The largest absolute Gasteiger partial charge is 0.490 e. The lowest BCUT2D eigenvalue weighted by Crippen LogP contribution is -2.49. The van der Waals surface area contributed by atoms with E-state index in [-0.39, 0.29) is 28.9 Å². The molecule has 1 rings (SSSR count). The molecule has 7 heteroatoms. The number of carbonyl (C=O) groups is 1. The average molecular weight is 323 g/mol. The molecule has 0 aliphatic carbocycles. The van der Waals surface area contributed by atoms with Crippen molar-refractivity contribution in [1.29, 1.82) is 0 Å². The van der Waals surface area contributed by atoms with Gasteiger partial charge in [-0.05, 0) is 46.4 Å². The third kappa shape index (κ3) is 5.52. The first-order valence-electron chi connectivity index (χ1n) is 7.38. The Kier molecular flexibility index (Phi) is 6.09. The average Bonchev–Trinajstić information content (AvgIpc) is 2.44. The highest BCUT2D eigenvalue weighted by Gasteiger charge is 2.23. The second-order valence-electron chi connectivity index (χ2n) is 6.59. The van der Waals surface area contributed by atoms with Crippen LogP contribution in [0.4, 0.5) is 5.69 Å². The Morgan fingerprint density at radius 2 is 2.04 bits per heavy atom. The lowest BCUT2D eigenvalue weighted by atomic mass is 10.1. The van der Waals surface area contributed by atoms with E-state index in [0.717, 1.165) is 5.56 Å². The maximum absolute atomic E-state index is 12.2. The molecule has 0 fully saturated rings. The Labute approximate surface area is 136 Å². The molecule has 1 unspecified atom stereocenters. The third-order valence-electron chi connectivity index (χ3n) is 3.41. The lowest BCUT2D eigenvalue weighted by molar-refractivity contribution is -0.385. The number of methoxy groups -OCH3 is 1. The second-order valence-corrected chi connectivity index (χ2v) is 6.59. The van der Waals surface area contributed by atoms with Crippen molar-refractivity contribution in [2.75, 3.05) is 14.2 Å². The Morgan fingerprint density at radius 3 is 2.52 bits per heavy atom. The summed E-state index contributed by atoms with van der Waals surface area (Å²) in [6.07, 6.45) is 0. The number of ether oxygens (including phenoxy) is 1. The van der Waals surface area contributed by atoms with E-state index < -0.39 is 4.92 Å². The molecule has 1 amide bonds. The van der Waals surface area contributed by atoms with Crippen LogP contribution in [0.25, 0.3) is 0 Å². The van der Waals surface area contributed by atoms with Crippen LogP contribution in [-0.2, 0) is 11.3 Å². The Bertz CT molecular complexity index is 581. The van der Waals surface area contributed by atoms with Crippen molar-refractivity contribution >= 4 is 11.6 Å². The fourth-order valence-corrected chi connectivity index (χ4v) is 2.08. The molecule has 128 valence electrons. The Balaban J connectivity index is 2.84. The number of rotatable bonds is 6. The van der Waals surface area contributed by atoms with Crippen molar-refractivity contribution in [2.45, 2.75) is 45.8 Å². The number of hydrogen-bond acceptors (Lipinski definition) is 5. The smallest absolute Gasteiger partial charge is 0.311 e. The summed E-state index contributed by atoms with van der Waals surface area (Å²) in [5.41, 5.74) is 0.367. The van der Waals surface area contributed by atoms with Gasteiger partial charge >= 0.3 is 5.69 Å². The number of likely N-dealkylation sites (N-methyl/N-ethyl adjacent to an activating group) is 1. The second kappa shape index (κ2) is 7.41. The van der Waals surface area contributed by atoms with E-state index in [9.17, 15) is 14.9 Å². The van der Waals surface area contributed by atoms with Gasteiger partial charge in [-0.15, -0.1) is 0 Å². The predicted molar refractivity (Wildman–Crippen MR) is 88.5 cm³/mol. The van der Waals surface area contributed by atoms with E-state index in [1.165, 1.54) is 13.2 Å². The molecule has 0 aliphatic rings. The Hall–Kier alpha value is -2.15. The highest BCUT2D eigenvalue weighted by molar-refractivity contribution is 5.81. The first kappa shape index (κ1) is 18.9. The quantitative estimate of drug-likeness (QED) is 0.641. The van der Waals surface area contributed by atoms with Gasteiger partial charge in [0.05, 0.1) is 18.1 Å². The van der Waals surface area contributed by atoms with Gasteiger partial charge in [-0.3, -0.25) is 19.8 Å². The van der Waals surface area contributed by atoms with Crippen molar-refractivity contribution < 1.29 is 14.5 Å². The van der Waals surface area contributed by atoms with Gasteiger partial charge in [0.1, 0.15) is 0 Å². The van der Waals surface area contributed by atoms with Crippen LogP contribution in [0.2, 0.25) is 0 Å². The molecule has 0 radical (unpaired) electrons. The van der Waals surface area contributed by atoms with Crippen LogP contribution in [0.15, 0.2) is 18.2 Å². The van der Waals surface area contributed by atoms with Gasteiger partial charge < -0.3 is 10.1 Å². The van der Waals surface area contributed by atoms with Gasteiger partial charge in [-0.1, -0.05) is 6.07 Å². The molecule has 0 spiro atoms. The van der Waals surface area contributed by atoms with E-state index in [2.05, 4.69) is 5.32 Å². The summed E-state index contributed by atoms with van der Waals surface area (Å²) in [6.45, 7) is 7.99. The highest BCUT2D eigenvalue weighted by atomic mass is 16.6. The number of amides is 1. The molecule has 1 N–H and O–H groups in total. The molecule has 1 aromatic rings. The molecule has 0 saturated heterocycles. The van der Waals surface area contributed by atoms with E-state index in [0.29, 0.717) is 6.54 Å². The van der Waals surface area contributed by atoms with Crippen LogP contribution in [-0.4, -0.2) is 41.5 Å². The van der Waals surface area contributed by atoms with E-state index in [1.54, 1.807) is 19.1 Å². The standard InChI is InChI=1S/C16H25N3O4/c1-11(15(20)17-16(2,3)4)18(5)10-12-7-8-14(23-6)13(9-12)19(21)22/h7-9,11H,10H2,1-6H3,(H,17,20). The number of nitro benzene ring substituents is 1. The topological polar surface area (TPSA) is 84.7 Å². The SMILES string of the molecule is COc1ccc(CN(C)C(C)C(=O)NC(C)(C)C)cc1[N+](=O)[O-]. The molecule has 7 nitrogen and oxygen atoms in total. The molecule has 0 aromatic heterocycles. The first-order valence-corrected chi connectivity index (χ1v) is 7.38. The van der Waals surface area contributed by atoms with Gasteiger partial charge in [0.2, 0.25) is 5.91 Å².